The number of hydrogen-bond acceptors (Lipinski definition) is 3. The van der Waals surface area contributed by atoms with Crippen LogP contribution in [0.25, 0.3) is 11.1 Å². The third-order valence-electron chi connectivity index (χ3n) is 2.55. The molecular weight excluding hydrogens is 247 g/mol. The molecule has 19 heavy (non-hydrogen) atoms. The molecule has 0 saturated carbocycles. The summed E-state index contributed by atoms with van der Waals surface area (Å²) < 4.78 is 18.3. The largest absolute Gasteiger partial charge is 0.481 e. The quantitative estimate of drug-likeness (QED) is 0.923. The molecule has 0 unspecified atom stereocenters. The topological polar surface area (TPSA) is 51.2 Å². The van der Waals surface area contributed by atoms with Crippen molar-refractivity contribution in [3.05, 3.63) is 42.3 Å². The number of hydrogen-bond donors (Lipinski definition) is 1. The van der Waals surface area contributed by atoms with Gasteiger partial charge in [-0.3, -0.25) is 4.79 Å². The van der Waals surface area contributed by atoms with Crippen LogP contribution in [0.3, 0.4) is 0 Å². The highest BCUT2D eigenvalue weighted by Gasteiger charge is 2.09. The van der Waals surface area contributed by atoms with E-state index in [9.17, 15) is 9.18 Å². The Labute approximate surface area is 110 Å². The standard InChI is InChI=1S/C14H13FN2O2/c1-9(18)17-13-8-11(15)3-4-12(13)10-5-6-16-14(7-10)19-2/h3-8H,1-2H3,(H,17,18). The lowest BCUT2D eigenvalue weighted by Crippen LogP contribution is -2.07. The van der Waals surface area contributed by atoms with E-state index in [2.05, 4.69) is 10.3 Å². The number of nitrogens with zero attached hydrogens (tertiary/aromatic N) is 1. The fourth-order valence-corrected chi connectivity index (χ4v) is 1.75. The van der Waals surface area contributed by atoms with Crippen molar-refractivity contribution in [3.63, 3.8) is 0 Å². The van der Waals surface area contributed by atoms with Crippen LogP contribution in [0.5, 0.6) is 5.88 Å². The van der Waals surface area contributed by atoms with Gasteiger partial charge in [0.1, 0.15) is 5.82 Å². The normalized spacial score (nSPS) is 10.1. The maximum atomic E-state index is 13.3. The van der Waals surface area contributed by atoms with Gasteiger partial charge in [0.25, 0.3) is 0 Å². The number of anilines is 1. The molecule has 2 aromatic rings. The first-order chi connectivity index (χ1) is 9.10. The van der Waals surface area contributed by atoms with Crippen LogP contribution >= 0.6 is 0 Å². The minimum atomic E-state index is -0.409. The maximum Gasteiger partial charge on any atom is 0.221 e. The third kappa shape index (κ3) is 3.07. The van der Waals surface area contributed by atoms with Crippen LogP contribution in [0, 0.1) is 5.82 Å². The van der Waals surface area contributed by atoms with Crippen molar-refractivity contribution in [2.45, 2.75) is 6.92 Å². The molecule has 1 N–H and O–H groups in total. The Kier molecular flexibility index (Phi) is 3.75. The van der Waals surface area contributed by atoms with E-state index in [1.54, 1.807) is 24.4 Å². The number of carbonyl (C=O) groups is 1. The number of ether oxygens (including phenoxy) is 1. The first kappa shape index (κ1) is 13.0. The second kappa shape index (κ2) is 5.48. The van der Waals surface area contributed by atoms with Gasteiger partial charge in [-0.05, 0) is 29.8 Å². The summed E-state index contributed by atoms with van der Waals surface area (Å²) in [5, 5.41) is 2.61. The summed E-state index contributed by atoms with van der Waals surface area (Å²) in [5.41, 5.74) is 1.91. The van der Waals surface area contributed by atoms with Gasteiger partial charge in [0.15, 0.2) is 0 Å². The van der Waals surface area contributed by atoms with Crippen molar-refractivity contribution >= 4 is 11.6 Å². The van der Waals surface area contributed by atoms with Gasteiger partial charge in [-0.25, -0.2) is 9.37 Å². The minimum absolute atomic E-state index is 0.257. The number of amides is 1. The fraction of sp³-hybridized carbons (Fsp3) is 0.143. The zero-order chi connectivity index (χ0) is 13.8. The van der Waals surface area contributed by atoms with E-state index < -0.39 is 5.82 Å². The highest BCUT2D eigenvalue weighted by Crippen LogP contribution is 2.30. The summed E-state index contributed by atoms with van der Waals surface area (Å²) in [4.78, 5) is 15.2. The molecular formula is C14H13FN2O2. The van der Waals surface area contributed by atoms with E-state index in [0.717, 1.165) is 5.56 Å². The van der Waals surface area contributed by atoms with Gasteiger partial charge in [0.2, 0.25) is 11.8 Å². The Morgan fingerprint density at radius 2 is 2.11 bits per heavy atom. The van der Waals surface area contributed by atoms with Crippen LogP contribution < -0.4 is 10.1 Å². The Balaban J connectivity index is 2.50. The first-order valence-electron chi connectivity index (χ1n) is 5.67. The molecule has 1 amide bonds. The number of aromatic nitrogens is 1. The van der Waals surface area contributed by atoms with Crippen molar-refractivity contribution in [2.75, 3.05) is 12.4 Å². The molecule has 0 aliphatic heterocycles. The SMILES string of the molecule is COc1cc(-c2ccc(F)cc2NC(C)=O)ccn1. The van der Waals surface area contributed by atoms with E-state index in [4.69, 9.17) is 4.74 Å². The fourth-order valence-electron chi connectivity index (χ4n) is 1.75. The van der Waals surface area contributed by atoms with E-state index >= 15 is 0 Å². The molecule has 0 atom stereocenters. The number of methoxy groups -OCH3 is 1. The van der Waals surface area contributed by atoms with Gasteiger partial charge in [0.05, 0.1) is 12.8 Å². The van der Waals surface area contributed by atoms with Crippen LogP contribution in [0.1, 0.15) is 6.92 Å². The molecule has 0 radical (unpaired) electrons. The molecule has 2 rings (SSSR count). The zero-order valence-electron chi connectivity index (χ0n) is 10.6. The Bertz CT molecular complexity index is 614. The second-order valence-corrected chi connectivity index (χ2v) is 3.96. The summed E-state index contributed by atoms with van der Waals surface area (Å²) in [6, 6.07) is 7.71. The second-order valence-electron chi connectivity index (χ2n) is 3.96. The molecule has 0 bridgehead atoms. The molecule has 1 aromatic heterocycles. The van der Waals surface area contributed by atoms with Crippen molar-refractivity contribution in [1.82, 2.24) is 4.98 Å². The van der Waals surface area contributed by atoms with Crippen LogP contribution in [0.2, 0.25) is 0 Å². The van der Waals surface area contributed by atoms with E-state index in [0.29, 0.717) is 17.1 Å². The van der Waals surface area contributed by atoms with Crippen LogP contribution in [0.15, 0.2) is 36.5 Å². The van der Waals surface area contributed by atoms with E-state index in [-0.39, 0.29) is 5.91 Å². The number of rotatable bonds is 3. The van der Waals surface area contributed by atoms with E-state index in [1.807, 2.05) is 0 Å². The van der Waals surface area contributed by atoms with Gasteiger partial charge >= 0.3 is 0 Å². The molecule has 0 fully saturated rings. The molecule has 5 heteroatoms. The summed E-state index contributed by atoms with van der Waals surface area (Å²) in [5.74, 6) is -0.211. The van der Waals surface area contributed by atoms with Gasteiger partial charge < -0.3 is 10.1 Å². The predicted octanol–water partition coefficient (Wildman–Crippen LogP) is 2.85. The van der Waals surface area contributed by atoms with Crippen LogP contribution in [0.4, 0.5) is 10.1 Å². The number of benzene rings is 1. The highest BCUT2D eigenvalue weighted by molar-refractivity contribution is 5.94. The minimum Gasteiger partial charge on any atom is -0.481 e. The Morgan fingerprint density at radius 3 is 2.79 bits per heavy atom. The predicted molar refractivity (Wildman–Crippen MR) is 70.5 cm³/mol. The Morgan fingerprint density at radius 1 is 1.32 bits per heavy atom. The van der Waals surface area contributed by atoms with Crippen molar-refractivity contribution in [2.24, 2.45) is 0 Å². The summed E-state index contributed by atoms with van der Waals surface area (Å²) >= 11 is 0. The smallest absolute Gasteiger partial charge is 0.221 e. The average molecular weight is 260 g/mol. The lowest BCUT2D eigenvalue weighted by atomic mass is 10.0. The number of nitrogens with one attached hydrogen (secondary N) is 1. The molecule has 1 heterocycles. The number of pyridine rings is 1. The zero-order valence-corrected chi connectivity index (χ0v) is 10.6. The number of carbonyl (C=O) groups excluding carboxylic acids is 1. The molecule has 4 nitrogen and oxygen atoms in total. The average Bonchev–Trinajstić information content (AvgIpc) is 2.38. The van der Waals surface area contributed by atoms with Crippen molar-refractivity contribution in [1.29, 1.82) is 0 Å². The lowest BCUT2D eigenvalue weighted by Gasteiger charge is -2.11. The molecule has 1 aromatic carbocycles. The van der Waals surface area contributed by atoms with Crippen molar-refractivity contribution < 1.29 is 13.9 Å². The third-order valence-corrected chi connectivity index (χ3v) is 2.55. The van der Waals surface area contributed by atoms with Crippen molar-refractivity contribution in [3.8, 4) is 17.0 Å². The van der Waals surface area contributed by atoms with Crippen LogP contribution in [-0.2, 0) is 4.79 Å². The summed E-state index contributed by atoms with van der Waals surface area (Å²) in [6.45, 7) is 1.38. The monoisotopic (exact) mass is 260 g/mol. The summed E-state index contributed by atoms with van der Waals surface area (Å²) in [7, 11) is 1.52. The van der Waals surface area contributed by atoms with Gasteiger partial charge in [-0.2, -0.15) is 0 Å². The molecule has 0 aliphatic rings. The maximum absolute atomic E-state index is 13.3. The summed E-state index contributed by atoms with van der Waals surface area (Å²) in [6.07, 6.45) is 1.59. The van der Waals surface area contributed by atoms with Gasteiger partial charge in [-0.1, -0.05) is 0 Å². The number of halogens is 1. The molecule has 0 aliphatic carbocycles. The molecule has 0 saturated heterocycles. The van der Waals surface area contributed by atoms with Gasteiger partial charge in [0, 0.05) is 24.8 Å². The molecule has 0 spiro atoms. The molecule has 98 valence electrons. The van der Waals surface area contributed by atoms with E-state index in [1.165, 1.54) is 26.2 Å². The lowest BCUT2D eigenvalue weighted by molar-refractivity contribution is -0.114. The van der Waals surface area contributed by atoms with Gasteiger partial charge in [-0.15, -0.1) is 0 Å². The van der Waals surface area contributed by atoms with Crippen LogP contribution in [-0.4, -0.2) is 18.0 Å². The highest BCUT2D eigenvalue weighted by atomic mass is 19.1. The first-order valence-corrected chi connectivity index (χ1v) is 5.67. The Hall–Kier alpha value is -2.43.